The number of carbonyl (C=O) groups excluding carboxylic acids is 2. The number of benzene rings is 1. The highest BCUT2D eigenvalue weighted by Crippen LogP contribution is 2.32. The van der Waals surface area contributed by atoms with Crippen LogP contribution in [0.5, 0.6) is 0 Å². The number of rotatable bonds is 5. The normalized spacial score (nSPS) is 19.4. The smallest absolute Gasteiger partial charge is 0.309 e. The number of aliphatic hydroxyl groups excluding tert-OH is 1. The molecule has 0 aliphatic carbocycles. The third-order valence-electron chi connectivity index (χ3n) is 4.30. The largest absolute Gasteiger partial charge is 0.371 e. The van der Waals surface area contributed by atoms with E-state index in [1.54, 1.807) is 0 Å². The summed E-state index contributed by atoms with van der Waals surface area (Å²) in [6, 6.07) is 5.89. The Bertz CT molecular complexity index is 670. The molecule has 0 saturated carbocycles. The summed E-state index contributed by atoms with van der Waals surface area (Å²) in [4.78, 5) is 23.7. The summed E-state index contributed by atoms with van der Waals surface area (Å²) >= 11 is 0. The maximum Gasteiger partial charge on any atom is 0.309 e. The van der Waals surface area contributed by atoms with Crippen LogP contribution in [0.4, 0.5) is 5.69 Å². The first-order valence-electron chi connectivity index (χ1n) is 9.44. The molecular weight excluding hydrogens is 346 g/mol. The molecule has 0 saturated heterocycles. The summed E-state index contributed by atoms with van der Waals surface area (Å²) in [5.74, 6) is -1.22. The molecular formula is C20H31N3O4. The number of hydrogen-bond donors (Lipinski definition) is 4. The van der Waals surface area contributed by atoms with Crippen molar-refractivity contribution >= 4 is 17.5 Å². The molecule has 0 bridgehead atoms. The van der Waals surface area contributed by atoms with Gasteiger partial charge in [-0.2, -0.15) is 0 Å². The Hall–Kier alpha value is -2.12. The van der Waals surface area contributed by atoms with Crippen molar-refractivity contribution in [1.82, 2.24) is 10.6 Å². The lowest BCUT2D eigenvalue weighted by Crippen LogP contribution is -2.43. The van der Waals surface area contributed by atoms with Gasteiger partial charge in [-0.1, -0.05) is 39.8 Å². The third-order valence-corrected chi connectivity index (χ3v) is 4.30. The minimum absolute atomic E-state index is 0.0721. The number of carbonyl (C=O) groups is 2. The van der Waals surface area contributed by atoms with Gasteiger partial charge in [0, 0.05) is 24.3 Å². The van der Waals surface area contributed by atoms with E-state index in [2.05, 4.69) is 16.0 Å². The van der Waals surface area contributed by atoms with E-state index in [0.717, 1.165) is 23.2 Å². The van der Waals surface area contributed by atoms with Gasteiger partial charge in [0.15, 0.2) is 0 Å². The second-order valence-corrected chi connectivity index (χ2v) is 8.06. The molecule has 7 heteroatoms. The van der Waals surface area contributed by atoms with Crippen LogP contribution in [0, 0.1) is 5.41 Å². The van der Waals surface area contributed by atoms with Gasteiger partial charge in [0.1, 0.15) is 6.23 Å². The lowest BCUT2D eigenvalue weighted by atomic mass is 9.97. The SMILES string of the molecule is CC[C@@H]1OC[C@@H](O)Nc2ccc(CCNC(=O)C(=O)NCC(C)(C)C)cc21. The zero-order valence-electron chi connectivity index (χ0n) is 16.6. The van der Waals surface area contributed by atoms with Crippen molar-refractivity contribution in [2.45, 2.75) is 52.9 Å². The first-order valence-corrected chi connectivity index (χ1v) is 9.44. The van der Waals surface area contributed by atoms with E-state index in [1.165, 1.54) is 0 Å². The van der Waals surface area contributed by atoms with Crippen LogP contribution in [0.1, 0.15) is 51.3 Å². The quantitative estimate of drug-likeness (QED) is 0.586. The van der Waals surface area contributed by atoms with Crippen LogP contribution in [-0.4, -0.2) is 42.8 Å². The number of ether oxygens (including phenoxy) is 1. The molecule has 1 heterocycles. The molecule has 4 N–H and O–H groups in total. The number of anilines is 1. The molecule has 0 unspecified atom stereocenters. The number of nitrogens with one attached hydrogen (secondary N) is 3. The molecule has 0 spiro atoms. The number of fused-ring (bicyclic) bond motifs is 1. The van der Waals surface area contributed by atoms with Gasteiger partial charge in [-0.05, 0) is 29.9 Å². The van der Waals surface area contributed by atoms with E-state index in [4.69, 9.17) is 4.74 Å². The average Bonchev–Trinajstić information content (AvgIpc) is 2.76. The van der Waals surface area contributed by atoms with Crippen molar-refractivity contribution in [3.63, 3.8) is 0 Å². The van der Waals surface area contributed by atoms with E-state index in [-0.39, 0.29) is 18.1 Å². The van der Waals surface area contributed by atoms with Gasteiger partial charge in [0.25, 0.3) is 0 Å². The lowest BCUT2D eigenvalue weighted by molar-refractivity contribution is -0.139. The Labute approximate surface area is 160 Å². The van der Waals surface area contributed by atoms with Crippen LogP contribution in [0.15, 0.2) is 18.2 Å². The molecule has 1 aromatic carbocycles. The van der Waals surface area contributed by atoms with Crippen LogP contribution in [-0.2, 0) is 20.7 Å². The van der Waals surface area contributed by atoms with Crippen molar-refractivity contribution in [1.29, 1.82) is 0 Å². The molecule has 1 aliphatic heterocycles. The summed E-state index contributed by atoms with van der Waals surface area (Å²) in [7, 11) is 0. The van der Waals surface area contributed by atoms with Crippen molar-refractivity contribution in [3.05, 3.63) is 29.3 Å². The lowest BCUT2D eigenvalue weighted by Gasteiger charge is -2.18. The fourth-order valence-electron chi connectivity index (χ4n) is 2.85. The van der Waals surface area contributed by atoms with Gasteiger partial charge in [0.2, 0.25) is 0 Å². The van der Waals surface area contributed by atoms with E-state index >= 15 is 0 Å². The van der Waals surface area contributed by atoms with E-state index in [9.17, 15) is 14.7 Å². The van der Waals surface area contributed by atoms with Crippen LogP contribution in [0.3, 0.4) is 0 Å². The van der Waals surface area contributed by atoms with Crippen LogP contribution in [0.2, 0.25) is 0 Å². The summed E-state index contributed by atoms with van der Waals surface area (Å²) in [6.45, 7) is 9.06. The third kappa shape index (κ3) is 6.52. The predicted octanol–water partition coefficient (Wildman–Crippen LogP) is 1.72. The molecule has 7 nitrogen and oxygen atoms in total. The van der Waals surface area contributed by atoms with Crippen molar-refractivity contribution in [2.75, 3.05) is 25.0 Å². The van der Waals surface area contributed by atoms with Gasteiger partial charge in [-0.3, -0.25) is 9.59 Å². The maximum absolute atomic E-state index is 11.9. The Balaban J connectivity index is 1.90. The van der Waals surface area contributed by atoms with E-state index in [0.29, 0.717) is 19.5 Å². The Kier molecular flexibility index (Phi) is 7.21. The molecule has 27 heavy (non-hydrogen) atoms. The van der Waals surface area contributed by atoms with Gasteiger partial charge in [0.05, 0.1) is 12.7 Å². The van der Waals surface area contributed by atoms with Crippen molar-refractivity contribution in [2.24, 2.45) is 5.41 Å². The minimum atomic E-state index is -0.725. The molecule has 150 valence electrons. The first-order chi connectivity index (χ1) is 12.7. The Morgan fingerprint density at radius 3 is 2.63 bits per heavy atom. The van der Waals surface area contributed by atoms with Crippen LogP contribution < -0.4 is 16.0 Å². The summed E-state index contributed by atoms with van der Waals surface area (Å²) in [6.07, 6.45) is 0.597. The van der Waals surface area contributed by atoms with E-state index < -0.39 is 18.0 Å². The highest BCUT2D eigenvalue weighted by molar-refractivity contribution is 6.35. The van der Waals surface area contributed by atoms with E-state index in [1.807, 2.05) is 45.9 Å². The Morgan fingerprint density at radius 2 is 1.96 bits per heavy atom. The average molecular weight is 377 g/mol. The topological polar surface area (TPSA) is 99.7 Å². The maximum atomic E-state index is 11.9. The van der Waals surface area contributed by atoms with Gasteiger partial charge in [-0.15, -0.1) is 0 Å². The zero-order chi connectivity index (χ0) is 20.0. The number of hydrogen-bond acceptors (Lipinski definition) is 5. The molecule has 2 atom stereocenters. The van der Waals surface area contributed by atoms with Crippen molar-refractivity contribution in [3.8, 4) is 0 Å². The van der Waals surface area contributed by atoms with Crippen molar-refractivity contribution < 1.29 is 19.4 Å². The highest BCUT2D eigenvalue weighted by Gasteiger charge is 2.22. The molecule has 0 radical (unpaired) electrons. The molecule has 0 aromatic heterocycles. The standard InChI is InChI=1S/C20H31N3O4/c1-5-16-14-10-13(6-7-15(14)23-17(24)11-27-16)8-9-21-18(25)19(26)22-12-20(2,3)4/h6-7,10,16-17,23-24H,5,8-9,11-12H2,1-4H3,(H,21,25)(H,22,26)/t16-,17+/m0/s1. The molecule has 1 aromatic rings. The zero-order valence-corrected chi connectivity index (χ0v) is 16.6. The van der Waals surface area contributed by atoms with Gasteiger partial charge < -0.3 is 25.8 Å². The molecule has 2 amide bonds. The van der Waals surface area contributed by atoms with Crippen LogP contribution in [0.25, 0.3) is 0 Å². The molecule has 2 rings (SSSR count). The first kappa shape index (κ1) is 21.2. The Morgan fingerprint density at radius 1 is 1.26 bits per heavy atom. The van der Waals surface area contributed by atoms with Crippen LogP contribution >= 0.6 is 0 Å². The number of amides is 2. The fourth-order valence-corrected chi connectivity index (χ4v) is 2.85. The summed E-state index contributed by atoms with van der Waals surface area (Å²) < 4.78 is 5.74. The second kappa shape index (κ2) is 9.19. The summed E-state index contributed by atoms with van der Waals surface area (Å²) in [5, 5.41) is 18.2. The highest BCUT2D eigenvalue weighted by atomic mass is 16.5. The minimum Gasteiger partial charge on any atom is -0.371 e. The van der Waals surface area contributed by atoms with Gasteiger partial charge >= 0.3 is 11.8 Å². The second-order valence-electron chi connectivity index (χ2n) is 8.06. The molecule has 0 fully saturated rings. The van der Waals surface area contributed by atoms with Gasteiger partial charge in [-0.25, -0.2) is 0 Å². The fraction of sp³-hybridized carbons (Fsp3) is 0.600. The predicted molar refractivity (Wildman–Crippen MR) is 104 cm³/mol. The summed E-state index contributed by atoms with van der Waals surface area (Å²) in [5.41, 5.74) is 2.82. The monoisotopic (exact) mass is 377 g/mol. The number of aliphatic hydroxyl groups is 1. The molecule has 1 aliphatic rings.